The summed E-state index contributed by atoms with van der Waals surface area (Å²) in [5.74, 6) is 0.0247. The van der Waals surface area contributed by atoms with Crippen molar-refractivity contribution in [3.63, 3.8) is 0 Å². The molecular weight excluding hydrogens is 559 g/mol. The topological polar surface area (TPSA) is 176 Å². The van der Waals surface area contributed by atoms with Gasteiger partial charge >= 0.3 is 12.6 Å². The monoisotopic (exact) mass is 592 g/mol. The maximum Gasteiger partial charge on any atom is 0.323 e. The van der Waals surface area contributed by atoms with Gasteiger partial charge in [-0.05, 0) is 57.2 Å². The molecule has 1 saturated heterocycles. The van der Waals surface area contributed by atoms with Crippen molar-refractivity contribution in [3.05, 3.63) is 55.1 Å². The van der Waals surface area contributed by atoms with Gasteiger partial charge in [0.25, 0.3) is 0 Å². The lowest BCUT2D eigenvalue weighted by Crippen LogP contribution is -2.48. The number of hydrogen-bond donors (Lipinski definition) is 4. The molecule has 1 aliphatic rings. The highest BCUT2D eigenvalue weighted by atomic mass is 32.5. The maximum absolute atomic E-state index is 12.5. The van der Waals surface area contributed by atoms with E-state index in [0.29, 0.717) is 16.9 Å². The number of benzene rings is 1. The molecule has 40 heavy (non-hydrogen) atoms. The second-order valence-electron chi connectivity index (χ2n) is 9.69. The standard InChI is InChI=1S/C25H33N6O7PS/c1-14(2)25(34)20(32)18(37-24(25)31-13-29-19-21(26)27-12-28-22(19)31)11-35-39(40,38-17-9-7-6-8-10-17)30-16(5)23(33)36-15(3)4/h6-10,12-13,15-16,18,20,24,32,34H,1,11H2,2-5H3,(H,30,40)(H2,26,27,28)/t16-,18+,20+,24+,25+,39?/m0/s1. The minimum atomic E-state index is -3.43. The molecule has 0 spiro atoms. The summed E-state index contributed by atoms with van der Waals surface area (Å²) in [4.78, 5) is 24.9. The Kier molecular flexibility index (Phi) is 8.90. The fourth-order valence-corrected chi connectivity index (χ4v) is 6.61. The van der Waals surface area contributed by atoms with Crippen LogP contribution in [-0.4, -0.2) is 72.3 Å². The molecule has 2 aromatic heterocycles. The number of imidazole rings is 1. The highest BCUT2D eigenvalue weighted by Gasteiger charge is 2.57. The van der Waals surface area contributed by atoms with Gasteiger partial charge in [-0.3, -0.25) is 9.36 Å². The zero-order valence-electron chi connectivity index (χ0n) is 22.5. The molecule has 0 amide bonds. The van der Waals surface area contributed by atoms with Crippen LogP contribution >= 0.6 is 6.64 Å². The van der Waals surface area contributed by atoms with Crippen molar-refractivity contribution >= 4 is 41.4 Å². The van der Waals surface area contributed by atoms with Crippen molar-refractivity contribution < 1.29 is 33.5 Å². The quantitative estimate of drug-likeness (QED) is 0.145. The summed E-state index contributed by atoms with van der Waals surface area (Å²) in [6.07, 6.45) is -1.45. The summed E-state index contributed by atoms with van der Waals surface area (Å²) in [6.45, 7) is 6.76. The maximum atomic E-state index is 12.5. The molecule has 15 heteroatoms. The SMILES string of the molecule is C=C(C)[C@@]1(O)[C@H](O)[C@@H](COP(=S)(N[C@@H](C)C(=O)OC(C)C)Oc2ccccc2)O[C@H]1n1cnc2c(N)ncnc21. The van der Waals surface area contributed by atoms with E-state index in [-0.39, 0.29) is 24.1 Å². The molecule has 0 saturated carbocycles. The van der Waals surface area contributed by atoms with E-state index in [4.69, 9.17) is 36.1 Å². The van der Waals surface area contributed by atoms with Gasteiger partial charge in [-0.15, -0.1) is 0 Å². The smallest absolute Gasteiger partial charge is 0.323 e. The third-order valence-corrected chi connectivity index (χ3v) is 8.74. The minimum Gasteiger partial charge on any atom is -0.462 e. The third kappa shape index (κ3) is 6.03. The highest BCUT2D eigenvalue weighted by Crippen LogP contribution is 2.48. The normalized spacial score (nSPS) is 25.0. The summed E-state index contributed by atoms with van der Waals surface area (Å²) in [5.41, 5.74) is 4.80. The molecule has 13 nitrogen and oxygen atoms in total. The van der Waals surface area contributed by atoms with Crippen LogP contribution in [0.2, 0.25) is 0 Å². The first-order valence-corrected chi connectivity index (χ1v) is 15.1. The lowest BCUT2D eigenvalue weighted by atomic mass is 9.87. The van der Waals surface area contributed by atoms with Crippen LogP contribution < -0.4 is 15.3 Å². The van der Waals surface area contributed by atoms with Crippen molar-refractivity contribution in [1.82, 2.24) is 24.6 Å². The predicted molar refractivity (Wildman–Crippen MR) is 151 cm³/mol. The first-order chi connectivity index (χ1) is 18.9. The van der Waals surface area contributed by atoms with Crippen molar-refractivity contribution in [2.75, 3.05) is 12.3 Å². The summed E-state index contributed by atoms with van der Waals surface area (Å²) in [7, 11) is 0. The summed E-state index contributed by atoms with van der Waals surface area (Å²) < 4.78 is 24.9. The number of aliphatic hydroxyl groups excluding tert-OH is 1. The molecule has 216 valence electrons. The van der Waals surface area contributed by atoms with Gasteiger partial charge in [-0.25, -0.2) is 20.0 Å². The van der Waals surface area contributed by atoms with Crippen LogP contribution in [0, 0.1) is 0 Å². The molecule has 1 aromatic carbocycles. The largest absolute Gasteiger partial charge is 0.462 e. The summed E-state index contributed by atoms with van der Waals surface area (Å²) >= 11 is 5.75. The molecule has 1 aliphatic heterocycles. The molecule has 3 aromatic rings. The number of nitrogen functional groups attached to an aromatic ring is 1. The third-order valence-electron chi connectivity index (χ3n) is 6.24. The summed E-state index contributed by atoms with van der Waals surface area (Å²) in [5, 5.41) is 25.9. The van der Waals surface area contributed by atoms with Crippen LogP contribution in [0.25, 0.3) is 11.2 Å². The number of esters is 1. The molecule has 1 fully saturated rings. The zero-order chi connectivity index (χ0) is 29.2. The van der Waals surface area contributed by atoms with E-state index in [1.165, 1.54) is 17.2 Å². The van der Waals surface area contributed by atoms with E-state index in [0.717, 1.165) is 0 Å². The lowest BCUT2D eigenvalue weighted by molar-refractivity contribution is -0.149. The minimum absolute atomic E-state index is 0.149. The molecule has 1 unspecified atom stereocenters. The fraction of sp³-hybridized carbons (Fsp3) is 0.440. The molecule has 3 heterocycles. The van der Waals surface area contributed by atoms with Gasteiger partial charge in [0.1, 0.15) is 35.8 Å². The molecule has 0 bridgehead atoms. The van der Waals surface area contributed by atoms with Crippen LogP contribution in [0.15, 0.2) is 55.1 Å². The van der Waals surface area contributed by atoms with Crippen LogP contribution in [0.1, 0.15) is 33.9 Å². The van der Waals surface area contributed by atoms with Crippen LogP contribution in [0.5, 0.6) is 5.75 Å². The average Bonchev–Trinajstić information content (AvgIpc) is 3.43. The van der Waals surface area contributed by atoms with Crippen LogP contribution in [0.4, 0.5) is 5.82 Å². The first kappa shape index (κ1) is 30.0. The average molecular weight is 593 g/mol. The van der Waals surface area contributed by atoms with E-state index in [1.54, 1.807) is 52.0 Å². The molecule has 0 aliphatic carbocycles. The number of nitrogens with zero attached hydrogens (tertiary/aromatic N) is 4. The van der Waals surface area contributed by atoms with Crippen molar-refractivity contribution in [3.8, 4) is 5.75 Å². The molecule has 4 rings (SSSR count). The van der Waals surface area contributed by atoms with E-state index in [9.17, 15) is 15.0 Å². The van der Waals surface area contributed by atoms with Gasteiger partial charge in [-0.1, -0.05) is 24.8 Å². The van der Waals surface area contributed by atoms with Gasteiger partial charge in [0.2, 0.25) is 0 Å². The Balaban J connectivity index is 1.60. The Morgan fingerprint density at radius 3 is 2.65 bits per heavy atom. The highest BCUT2D eigenvalue weighted by molar-refractivity contribution is 8.09. The van der Waals surface area contributed by atoms with E-state index >= 15 is 0 Å². The van der Waals surface area contributed by atoms with Gasteiger partial charge < -0.3 is 34.5 Å². The van der Waals surface area contributed by atoms with Gasteiger partial charge in [-0.2, -0.15) is 0 Å². The Morgan fingerprint density at radius 2 is 2.00 bits per heavy atom. The van der Waals surface area contributed by atoms with Crippen molar-refractivity contribution in [2.45, 2.75) is 63.9 Å². The van der Waals surface area contributed by atoms with E-state index < -0.39 is 42.7 Å². The van der Waals surface area contributed by atoms with Crippen LogP contribution in [0.3, 0.4) is 0 Å². The number of hydrogen-bond acceptors (Lipinski definition) is 12. The number of fused-ring (bicyclic) bond motifs is 1. The van der Waals surface area contributed by atoms with Gasteiger partial charge in [0.15, 0.2) is 23.3 Å². The number of para-hydroxylation sites is 1. The fourth-order valence-electron chi connectivity index (χ4n) is 4.19. The van der Waals surface area contributed by atoms with Gasteiger partial charge in [0, 0.05) is 0 Å². The molecule has 5 N–H and O–H groups in total. The number of aromatic nitrogens is 4. The molecular formula is C25H33N6O7PS. The second kappa shape index (κ2) is 11.9. The molecule has 6 atom stereocenters. The predicted octanol–water partition coefficient (Wildman–Crippen LogP) is 2.22. The number of ether oxygens (including phenoxy) is 2. The Bertz CT molecular complexity index is 1420. The van der Waals surface area contributed by atoms with Crippen molar-refractivity contribution in [1.29, 1.82) is 0 Å². The number of carbonyl (C=O) groups is 1. The Hall–Kier alpha value is -2.97. The molecule has 0 radical (unpaired) electrons. The zero-order valence-corrected chi connectivity index (χ0v) is 24.2. The van der Waals surface area contributed by atoms with E-state index in [1.807, 2.05) is 6.07 Å². The number of nitrogens with two attached hydrogens (primary N) is 1. The second-order valence-corrected chi connectivity index (χ2v) is 12.8. The van der Waals surface area contributed by atoms with Crippen molar-refractivity contribution in [2.24, 2.45) is 0 Å². The number of anilines is 1. The number of nitrogens with one attached hydrogen (secondary N) is 1. The number of carbonyl (C=O) groups excluding carboxylic acids is 1. The van der Waals surface area contributed by atoms with Crippen LogP contribution in [-0.2, 0) is 30.6 Å². The van der Waals surface area contributed by atoms with E-state index in [2.05, 4.69) is 26.6 Å². The summed E-state index contributed by atoms with van der Waals surface area (Å²) in [6, 6.07) is 7.86. The number of aliphatic hydroxyl groups is 2. The lowest BCUT2D eigenvalue weighted by Gasteiger charge is -2.32. The Morgan fingerprint density at radius 1 is 1.30 bits per heavy atom. The van der Waals surface area contributed by atoms with Gasteiger partial charge in [0.05, 0.1) is 19.0 Å². The first-order valence-electron chi connectivity index (χ1n) is 12.5. The Labute approximate surface area is 236 Å². The number of rotatable bonds is 11.